The molecule has 0 unspecified atom stereocenters. The minimum Gasteiger partial charge on any atom is -0.321 e. The SMILES string of the molecule is Cc1cc(C#N)ccc1S(=O)(=O)NCCc1nncn1C. The smallest absolute Gasteiger partial charge is 0.240 e. The molecule has 0 radical (unpaired) electrons. The first-order valence-corrected chi connectivity index (χ1v) is 7.75. The molecule has 1 heterocycles. The van der Waals surface area contributed by atoms with Crippen molar-refractivity contribution in [1.82, 2.24) is 19.5 Å². The van der Waals surface area contributed by atoms with Crippen LogP contribution in [-0.2, 0) is 23.5 Å². The van der Waals surface area contributed by atoms with E-state index in [9.17, 15) is 8.42 Å². The Bertz CT molecular complexity index is 789. The maximum absolute atomic E-state index is 12.2. The number of sulfonamides is 1. The lowest BCUT2D eigenvalue weighted by atomic mass is 10.2. The Balaban J connectivity index is 2.09. The van der Waals surface area contributed by atoms with Crippen LogP contribution < -0.4 is 4.72 Å². The van der Waals surface area contributed by atoms with Crippen LogP contribution in [0.2, 0.25) is 0 Å². The van der Waals surface area contributed by atoms with E-state index >= 15 is 0 Å². The third kappa shape index (κ3) is 3.45. The molecule has 21 heavy (non-hydrogen) atoms. The highest BCUT2D eigenvalue weighted by atomic mass is 32.2. The van der Waals surface area contributed by atoms with E-state index in [0.717, 1.165) is 0 Å². The Morgan fingerprint density at radius 2 is 2.19 bits per heavy atom. The van der Waals surface area contributed by atoms with E-state index in [1.165, 1.54) is 12.1 Å². The standard InChI is InChI=1S/C13H15N5O2S/c1-10-7-11(8-14)3-4-12(10)21(19,20)16-6-5-13-17-15-9-18(13)2/h3-4,7,9,16H,5-6H2,1-2H3. The largest absolute Gasteiger partial charge is 0.321 e. The predicted octanol–water partition coefficient (Wildman–Crippen LogP) is 0.516. The van der Waals surface area contributed by atoms with Crippen molar-refractivity contribution in [2.75, 3.05) is 6.54 Å². The van der Waals surface area contributed by atoms with Crippen LogP contribution in [0.5, 0.6) is 0 Å². The molecule has 0 aliphatic carbocycles. The van der Waals surface area contributed by atoms with Gasteiger partial charge in [0.1, 0.15) is 12.2 Å². The fourth-order valence-electron chi connectivity index (χ4n) is 1.93. The molecule has 2 aromatic rings. The second-order valence-corrected chi connectivity index (χ2v) is 6.33. The number of hydrogen-bond acceptors (Lipinski definition) is 5. The molecule has 0 fully saturated rings. The van der Waals surface area contributed by atoms with Crippen LogP contribution in [0.25, 0.3) is 0 Å². The van der Waals surface area contributed by atoms with Gasteiger partial charge in [0.05, 0.1) is 16.5 Å². The Kier molecular flexibility index (Phi) is 4.35. The quantitative estimate of drug-likeness (QED) is 0.867. The lowest BCUT2D eigenvalue weighted by Crippen LogP contribution is -2.27. The number of benzene rings is 1. The Morgan fingerprint density at radius 1 is 1.43 bits per heavy atom. The van der Waals surface area contributed by atoms with Gasteiger partial charge in [0.25, 0.3) is 0 Å². The molecule has 0 spiro atoms. The number of nitrogens with zero attached hydrogens (tertiary/aromatic N) is 4. The highest BCUT2D eigenvalue weighted by molar-refractivity contribution is 7.89. The zero-order valence-electron chi connectivity index (χ0n) is 11.7. The molecule has 8 heteroatoms. The van der Waals surface area contributed by atoms with Gasteiger partial charge in [-0.15, -0.1) is 10.2 Å². The van der Waals surface area contributed by atoms with Crippen LogP contribution in [0.1, 0.15) is 17.0 Å². The van der Waals surface area contributed by atoms with Gasteiger partial charge >= 0.3 is 0 Å². The molecular formula is C13H15N5O2S. The molecule has 1 N–H and O–H groups in total. The normalized spacial score (nSPS) is 11.3. The molecule has 1 aromatic heterocycles. The average molecular weight is 305 g/mol. The molecule has 0 saturated heterocycles. The fraction of sp³-hybridized carbons (Fsp3) is 0.308. The molecule has 110 valence electrons. The topological polar surface area (TPSA) is 101 Å². The summed E-state index contributed by atoms with van der Waals surface area (Å²) in [4.78, 5) is 0.180. The minimum atomic E-state index is -3.60. The van der Waals surface area contributed by atoms with E-state index in [-0.39, 0.29) is 11.4 Å². The molecule has 0 bridgehead atoms. The first kappa shape index (κ1) is 15.2. The van der Waals surface area contributed by atoms with Gasteiger partial charge in [-0.2, -0.15) is 5.26 Å². The first-order chi connectivity index (χ1) is 9.94. The zero-order chi connectivity index (χ0) is 15.5. The molecule has 0 atom stereocenters. The van der Waals surface area contributed by atoms with Gasteiger partial charge in [-0.3, -0.25) is 0 Å². The third-order valence-electron chi connectivity index (χ3n) is 3.04. The summed E-state index contributed by atoms with van der Waals surface area (Å²) in [5, 5.41) is 16.4. The van der Waals surface area contributed by atoms with Crippen molar-refractivity contribution in [2.45, 2.75) is 18.2 Å². The molecule has 2 rings (SSSR count). The van der Waals surface area contributed by atoms with Gasteiger partial charge < -0.3 is 4.57 Å². The molecular weight excluding hydrogens is 290 g/mol. The van der Waals surface area contributed by atoms with Crippen molar-refractivity contribution in [3.63, 3.8) is 0 Å². The van der Waals surface area contributed by atoms with Crippen LogP contribution in [-0.4, -0.2) is 29.7 Å². The number of aryl methyl sites for hydroxylation is 2. The van der Waals surface area contributed by atoms with E-state index < -0.39 is 10.0 Å². The van der Waals surface area contributed by atoms with E-state index in [2.05, 4.69) is 14.9 Å². The van der Waals surface area contributed by atoms with Crippen molar-refractivity contribution >= 4 is 10.0 Å². The zero-order valence-corrected chi connectivity index (χ0v) is 12.6. The lowest BCUT2D eigenvalue weighted by Gasteiger charge is -2.09. The van der Waals surface area contributed by atoms with Gasteiger partial charge in [0.2, 0.25) is 10.0 Å². The average Bonchev–Trinajstić information content (AvgIpc) is 2.83. The van der Waals surface area contributed by atoms with Crippen molar-refractivity contribution in [3.8, 4) is 6.07 Å². The Hall–Kier alpha value is -2.24. The maximum atomic E-state index is 12.2. The van der Waals surface area contributed by atoms with Crippen molar-refractivity contribution in [3.05, 3.63) is 41.5 Å². The number of nitrogens with one attached hydrogen (secondary N) is 1. The summed E-state index contributed by atoms with van der Waals surface area (Å²) >= 11 is 0. The summed E-state index contributed by atoms with van der Waals surface area (Å²) in [6.07, 6.45) is 2.01. The van der Waals surface area contributed by atoms with Crippen LogP contribution in [0.15, 0.2) is 29.4 Å². The second kappa shape index (κ2) is 6.03. The van der Waals surface area contributed by atoms with E-state index in [1.807, 2.05) is 6.07 Å². The summed E-state index contributed by atoms with van der Waals surface area (Å²) in [7, 11) is -1.80. The molecule has 0 aliphatic rings. The molecule has 0 amide bonds. The third-order valence-corrected chi connectivity index (χ3v) is 4.66. The Morgan fingerprint density at radius 3 is 2.76 bits per heavy atom. The summed E-state index contributed by atoms with van der Waals surface area (Å²) in [6, 6.07) is 6.47. The first-order valence-electron chi connectivity index (χ1n) is 6.27. The van der Waals surface area contributed by atoms with Crippen molar-refractivity contribution < 1.29 is 8.42 Å². The number of hydrogen-bond donors (Lipinski definition) is 1. The van der Waals surface area contributed by atoms with E-state index in [1.54, 1.807) is 30.9 Å². The van der Waals surface area contributed by atoms with Crippen molar-refractivity contribution in [1.29, 1.82) is 5.26 Å². The van der Waals surface area contributed by atoms with Gasteiger partial charge in [-0.25, -0.2) is 13.1 Å². The van der Waals surface area contributed by atoms with E-state index in [4.69, 9.17) is 5.26 Å². The highest BCUT2D eigenvalue weighted by Crippen LogP contribution is 2.16. The summed E-state index contributed by atoms with van der Waals surface area (Å²) in [6.45, 7) is 1.90. The lowest BCUT2D eigenvalue weighted by molar-refractivity contribution is 0.579. The van der Waals surface area contributed by atoms with Gasteiger partial charge in [-0.1, -0.05) is 0 Å². The number of aromatic nitrogens is 3. The van der Waals surface area contributed by atoms with Crippen LogP contribution in [0, 0.1) is 18.3 Å². The minimum absolute atomic E-state index is 0.180. The fourth-order valence-corrected chi connectivity index (χ4v) is 3.19. The van der Waals surface area contributed by atoms with Crippen molar-refractivity contribution in [2.24, 2.45) is 7.05 Å². The monoisotopic (exact) mass is 305 g/mol. The molecule has 7 nitrogen and oxygen atoms in total. The Labute approximate surface area is 123 Å². The summed E-state index contributed by atoms with van der Waals surface area (Å²) in [5.74, 6) is 0.703. The number of nitriles is 1. The second-order valence-electron chi connectivity index (χ2n) is 4.60. The van der Waals surface area contributed by atoms with Gasteiger partial charge in [-0.05, 0) is 30.7 Å². The van der Waals surface area contributed by atoms with Crippen LogP contribution in [0.4, 0.5) is 0 Å². The summed E-state index contributed by atoms with van der Waals surface area (Å²) < 4.78 is 28.7. The summed E-state index contributed by atoms with van der Waals surface area (Å²) in [5.41, 5.74) is 0.978. The molecule has 0 aliphatic heterocycles. The molecule has 1 aromatic carbocycles. The predicted molar refractivity (Wildman–Crippen MR) is 75.8 cm³/mol. The van der Waals surface area contributed by atoms with E-state index in [0.29, 0.717) is 23.4 Å². The maximum Gasteiger partial charge on any atom is 0.240 e. The van der Waals surface area contributed by atoms with Crippen LogP contribution in [0.3, 0.4) is 0 Å². The number of rotatable bonds is 5. The molecule has 0 saturated carbocycles. The van der Waals surface area contributed by atoms with Gasteiger partial charge in [0.15, 0.2) is 0 Å². The highest BCUT2D eigenvalue weighted by Gasteiger charge is 2.16. The van der Waals surface area contributed by atoms with Gasteiger partial charge in [0, 0.05) is 20.0 Å². The van der Waals surface area contributed by atoms with Crippen LogP contribution >= 0.6 is 0 Å².